The van der Waals surface area contributed by atoms with Crippen LogP contribution in [0.5, 0.6) is 0 Å². The van der Waals surface area contributed by atoms with Crippen molar-refractivity contribution in [1.29, 1.82) is 0 Å². The number of nitrogens with zero attached hydrogens (tertiary/aromatic N) is 1. The fourth-order valence-electron chi connectivity index (χ4n) is 1.72. The van der Waals surface area contributed by atoms with Crippen LogP contribution in [-0.4, -0.2) is 34.6 Å². The lowest BCUT2D eigenvalue weighted by atomic mass is 9.93. The molecule has 0 aromatic carbocycles. The Balaban J connectivity index is 2.73. The number of rotatable bonds is 4. The predicted octanol–water partition coefficient (Wildman–Crippen LogP) is 1.97. The first kappa shape index (κ1) is 11.5. The van der Waals surface area contributed by atoms with Gasteiger partial charge in [0.15, 0.2) is 0 Å². The van der Waals surface area contributed by atoms with Crippen molar-refractivity contribution in [2.24, 2.45) is 5.41 Å². The maximum Gasteiger partial charge on any atom is 0.323 e. The molecule has 0 saturated heterocycles. The van der Waals surface area contributed by atoms with Crippen molar-refractivity contribution in [2.75, 3.05) is 7.05 Å². The van der Waals surface area contributed by atoms with Crippen molar-refractivity contribution < 1.29 is 9.90 Å². The molecule has 1 aliphatic carbocycles. The van der Waals surface area contributed by atoms with Gasteiger partial charge in [-0.3, -0.25) is 9.69 Å². The van der Waals surface area contributed by atoms with Gasteiger partial charge in [-0.1, -0.05) is 6.92 Å². The second kappa shape index (κ2) is 3.23. The van der Waals surface area contributed by atoms with Crippen molar-refractivity contribution in [3.63, 3.8) is 0 Å². The summed E-state index contributed by atoms with van der Waals surface area (Å²) in [5.41, 5.74) is -0.438. The zero-order valence-electron chi connectivity index (χ0n) is 9.79. The molecule has 3 heteroatoms. The van der Waals surface area contributed by atoms with Crippen LogP contribution in [0.3, 0.4) is 0 Å². The molecule has 1 unspecified atom stereocenters. The molecule has 0 aromatic rings. The molecule has 3 nitrogen and oxygen atoms in total. The van der Waals surface area contributed by atoms with Crippen LogP contribution in [0.2, 0.25) is 0 Å². The molecule has 1 N–H and O–H groups in total. The van der Waals surface area contributed by atoms with Crippen LogP contribution in [0.1, 0.15) is 40.5 Å². The van der Waals surface area contributed by atoms with E-state index in [9.17, 15) is 4.79 Å². The van der Waals surface area contributed by atoms with Crippen LogP contribution in [0.4, 0.5) is 0 Å². The van der Waals surface area contributed by atoms with Crippen molar-refractivity contribution in [3.05, 3.63) is 0 Å². The smallest absolute Gasteiger partial charge is 0.323 e. The third-order valence-electron chi connectivity index (χ3n) is 4.03. The first-order valence-electron chi connectivity index (χ1n) is 5.18. The van der Waals surface area contributed by atoms with E-state index in [-0.39, 0.29) is 0 Å². The number of aliphatic carboxylic acids is 1. The molecule has 82 valence electrons. The molecule has 1 saturated carbocycles. The first-order chi connectivity index (χ1) is 6.22. The molecule has 1 rings (SSSR count). The fourth-order valence-corrected chi connectivity index (χ4v) is 1.72. The second-order valence-electron chi connectivity index (χ2n) is 5.31. The Morgan fingerprint density at radius 3 is 2.21 bits per heavy atom. The van der Waals surface area contributed by atoms with Gasteiger partial charge in [0.05, 0.1) is 0 Å². The van der Waals surface area contributed by atoms with Gasteiger partial charge in [-0.2, -0.15) is 0 Å². The molecule has 0 amide bonds. The van der Waals surface area contributed by atoms with Crippen molar-refractivity contribution in [3.8, 4) is 0 Å². The normalized spacial score (nSPS) is 22.1. The third kappa shape index (κ3) is 1.78. The highest BCUT2D eigenvalue weighted by atomic mass is 16.4. The highest BCUT2D eigenvalue weighted by Gasteiger charge is 2.48. The molecular weight excluding hydrogens is 178 g/mol. The molecular formula is C11H21NO2. The minimum absolute atomic E-state index is 0.327. The Morgan fingerprint density at radius 2 is 1.93 bits per heavy atom. The predicted molar refractivity (Wildman–Crippen MR) is 56.3 cm³/mol. The standard InChI is InChI=1S/C11H21NO2/c1-8(11(4)6-7-11)12(5)10(2,3)9(13)14/h8H,6-7H2,1-5H3,(H,13,14). The Bertz CT molecular complexity index is 244. The lowest BCUT2D eigenvalue weighted by molar-refractivity contribution is -0.150. The van der Waals surface area contributed by atoms with E-state index in [0.717, 1.165) is 0 Å². The summed E-state index contributed by atoms with van der Waals surface area (Å²) in [6, 6.07) is 0.327. The Kier molecular flexibility index (Phi) is 2.65. The molecule has 0 aromatic heterocycles. The summed E-state index contributed by atoms with van der Waals surface area (Å²) in [7, 11) is 1.91. The lowest BCUT2D eigenvalue weighted by Crippen LogP contribution is -2.53. The van der Waals surface area contributed by atoms with E-state index in [1.165, 1.54) is 12.8 Å². The first-order valence-corrected chi connectivity index (χ1v) is 5.18. The molecule has 0 aliphatic heterocycles. The van der Waals surface area contributed by atoms with Crippen LogP contribution in [0.15, 0.2) is 0 Å². The quantitative estimate of drug-likeness (QED) is 0.752. The highest BCUT2D eigenvalue weighted by molar-refractivity contribution is 5.77. The van der Waals surface area contributed by atoms with Gasteiger partial charge in [-0.05, 0) is 46.1 Å². The lowest BCUT2D eigenvalue weighted by Gasteiger charge is -2.39. The number of carboxylic acids is 1. The Labute approximate surface area is 86.1 Å². The minimum atomic E-state index is -0.773. The summed E-state index contributed by atoms with van der Waals surface area (Å²) < 4.78 is 0. The summed E-state index contributed by atoms with van der Waals surface area (Å²) >= 11 is 0. The van der Waals surface area contributed by atoms with Gasteiger partial charge in [0.1, 0.15) is 5.54 Å². The molecule has 0 radical (unpaired) electrons. The van der Waals surface area contributed by atoms with E-state index in [4.69, 9.17) is 5.11 Å². The van der Waals surface area contributed by atoms with Gasteiger partial charge in [0.2, 0.25) is 0 Å². The molecule has 14 heavy (non-hydrogen) atoms. The van der Waals surface area contributed by atoms with Crippen molar-refractivity contribution in [1.82, 2.24) is 4.90 Å². The van der Waals surface area contributed by atoms with Gasteiger partial charge in [-0.25, -0.2) is 0 Å². The van der Waals surface area contributed by atoms with Crippen molar-refractivity contribution >= 4 is 5.97 Å². The SMILES string of the molecule is CC(N(C)C(C)(C)C(=O)O)C1(C)CC1. The molecule has 0 heterocycles. The average Bonchev–Trinajstić information content (AvgIpc) is 2.82. The Hall–Kier alpha value is -0.570. The number of hydrogen-bond acceptors (Lipinski definition) is 2. The van der Waals surface area contributed by atoms with Crippen LogP contribution < -0.4 is 0 Å². The minimum Gasteiger partial charge on any atom is -0.480 e. The summed E-state index contributed by atoms with van der Waals surface area (Å²) in [5.74, 6) is -0.754. The van der Waals surface area contributed by atoms with Crippen LogP contribution in [0, 0.1) is 5.41 Å². The number of hydrogen-bond donors (Lipinski definition) is 1. The van der Waals surface area contributed by atoms with E-state index >= 15 is 0 Å². The van der Waals surface area contributed by atoms with E-state index in [0.29, 0.717) is 11.5 Å². The summed E-state index contributed by atoms with van der Waals surface area (Å²) in [6.07, 6.45) is 2.43. The van der Waals surface area contributed by atoms with E-state index in [1.54, 1.807) is 13.8 Å². The molecule has 1 aliphatic rings. The molecule has 1 atom stereocenters. The highest BCUT2D eigenvalue weighted by Crippen LogP contribution is 2.50. The fraction of sp³-hybridized carbons (Fsp3) is 0.909. The van der Waals surface area contributed by atoms with Crippen molar-refractivity contribution in [2.45, 2.75) is 52.1 Å². The second-order valence-corrected chi connectivity index (χ2v) is 5.31. The van der Waals surface area contributed by atoms with Crippen LogP contribution in [-0.2, 0) is 4.79 Å². The zero-order chi connectivity index (χ0) is 11.1. The number of carboxylic acid groups (broad SMARTS) is 1. The molecule has 0 bridgehead atoms. The van der Waals surface area contributed by atoms with E-state index in [2.05, 4.69) is 13.8 Å². The zero-order valence-corrected chi connectivity index (χ0v) is 9.79. The summed E-state index contributed by atoms with van der Waals surface area (Å²) in [4.78, 5) is 13.0. The Morgan fingerprint density at radius 1 is 1.50 bits per heavy atom. The summed E-state index contributed by atoms with van der Waals surface area (Å²) in [6.45, 7) is 7.87. The largest absolute Gasteiger partial charge is 0.480 e. The average molecular weight is 199 g/mol. The van der Waals surface area contributed by atoms with Crippen LogP contribution in [0.25, 0.3) is 0 Å². The monoisotopic (exact) mass is 199 g/mol. The molecule has 0 spiro atoms. The van der Waals surface area contributed by atoms with Gasteiger partial charge in [-0.15, -0.1) is 0 Å². The van der Waals surface area contributed by atoms with Gasteiger partial charge in [0.25, 0.3) is 0 Å². The maximum atomic E-state index is 11.1. The topological polar surface area (TPSA) is 40.5 Å². The van der Waals surface area contributed by atoms with Gasteiger partial charge >= 0.3 is 5.97 Å². The summed E-state index contributed by atoms with van der Waals surface area (Å²) in [5, 5.41) is 9.11. The number of carbonyl (C=O) groups is 1. The van der Waals surface area contributed by atoms with Gasteiger partial charge in [0, 0.05) is 6.04 Å². The van der Waals surface area contributed by atoms with Crippen LogP contribution >= 0.6 is 0 Å². The number of likely N-dealkylation sites (N-methyl/N-ethyl adjacent to an activating group) is 1. The maximum absolute atomic E-state index is 11.1. The van der Waals surface area contributed by atoms with Gasteiger partial charge < -0.3 is 5.11 Å². The third-order valence-corrected chi connectivity index (χ3v) is 4.03. The van der Waals surface area contributed by atoms with E-state index < -0.39 is 11.5 Å². The van der Waals surface area contributed by atoms with E-state index in [1.807, 2.05) is 11.9 Å². The molecule has 1 fully saturated rings.